The first-order valence-electron chi connectivity index (χ1n) is 5.79. The summed E-state index contributed by atoms with van der Waals surface area (Å²) >= 11 is 0. The van der Waals surface area contributed by atoms with E-state index >= 15 is 0 Å². The Morgan fingerprint density at radius 2 is 2.00 bits per heavy atom. The van der Waals surface area contributed by atoms with Crippen LogP contribution in [-0.2, 0) is 0 Å². The van der Waals surface area contributed by atoms with Crippen LogP contribution in [0.4, 0.5) is 0 Å². The molecule has 1 aliphatic carbocycles. The van der Waals surface area contributed by atoms with Crippen LogP contribution in [0.5, 0.6) is 0 Å². The van der Waals surface area contributed by atoms with Gasteiger partial charge in [0.1, 0.15) is 0 Å². The van der Waals surface area contributed by atoms with E-state index in [0.717, 1.165) is 23.8 Å². The molecule has 3 rings (SSSR count). The van der Waals surface area contributed by atoms with Crippen LogP contribution in [-0.4, -0.2) is 37.1 Å². The van der Waals surface area contributed by atoms with Crippen LogP contribution in [0.15, 0.2) is 0 Å². The fourth-order valence-electron chi connectivity index (χ4n) is 3.59. The van der Waals surface area contributed by atoms with Crippen LogP contribution in [0.25, 0.3) is 0 Å². The van der Waals surface area contributed by atoms with Gasteiger partial charge in [0.2, 0.25) is 0 Å². The number of nitrogens with one attached hydrogen (secondary N) is 1. The van der Waals surface area contributed by atoms with E-state index in [1.165, 1.54) is 39.0 Å². The van der Waals surface area contributed by atoms with Crippen LogP contribution >= 0.6 is 0 Å². The zero-order valence-corrected chi connectivity index (χ0v) is 8.50. The fourth-order valence-corrected chi connectivity index (χ4v) is 3.59. The molecule has 0 aromatic heterocycles. The molecule has 1 saturated carbocycles. The number of hydrogen-bond donors (Lipinski definition) is 1. The van der Waals surface area contributed by atoms with Gasteiger partial charge < -0.3 is 5.32 Å². The summed E-state index contributed by atoms with van der Waals surface area (Å²) in [6.45, 7) is 7.70. The van der Waals surface area contributed by atoms with E-state index in [2.05, 4.69) is 17.1 Å². The summed E-state index contributed by atoms with van der Waals surface area (Å²) in [6.07, 6.45) is 2.96. The highest BCUT2D eigenvalue weighted by atomic mass is 15.2. The Hall–Kier alpha value is -0.0800. The predicted octanol–water partition coefficient (Wildman–Crippen LogP) is 0.936. The Kier molecular flexibility index (Phi) is 1.88. The molecule has 3 unspecified atom stereocenters. The molecule has 2 saturated heterocycles. The van der Waals surface area contributed by atoms with Gasteiger partial charge in [-0.3, -0.25) is 4.90 Å². The first-order valence-corrected chi connectivity index (χ1v) is 5.79. The van der Waals surface area contributed by atoms with Gasteiger partial charge in [0, 0.05) is 19.1 Å². The zero-order chi connectivity index (χ0) is 8.84. The van der Waals surface area contributed by atoms with Gasteiger partial charge >= 0.3 is 0 Å². The van der Waals surface area contributed by atoms with E-state index in [0.29, 0.717) is 0 Å². The van der Waals surface area contributed by atoms with Crippen molar-refractivity contribution in [1.29, 1.82) is 0 Å². The third-order valence-electron chi connectivity index (χ3n) is 4.28. The van der Waals surface area contributed by atoms with Gasteiger partial charge in [-0.15, -0.1) is 0 Å². The molecule has 0 aromatic rings. The molecule has 2 heteroatoms. The van der Waals surface area contributed by atoms with Crippen molar-refractivity contribution in [3.05, 3.63) is 0 Å². The predicted molar refractivity (Wildman–Crippen MR) is 53.6 cm³/mol. The smallest absolute Gasteiger partial charge is 0.0139 e. The SMILES string of the molecule is CC1CN(C2CCC3CNCC32)C1. The quantitative estimate of drug-likeness (QED) is 0.646. The second kappa shape index (κ2) is 2.96. The minimum atomic E-state index is 0.941. The Morgan fingerprint density at radius 3 is 2.77 bits per heavy atom. The Bertz CT molecular complexity index is 198. The molecule has 13 heavy (non-hydrogen) atoms. The maximum atomic E-state index is 3.54. The van der Waals surface area contributed by atoms with Crippen molar-refractivity contribution in [3.63, 3.8) is 0 Å². The minimum Gasteiger partial charge on any atom is -0.316 e. The monoisotopic (exact) mass is 180 g/mol. The van der Waals surface area contributed by atoms with Gasteiger partial charge in [0.25, 0.3) is 0 Å². The lowest BCUT2D eigenvalue weighted by Gasteiger charge is -2.43. The maximum absolute atomic E-state index is 3.54. The largest absolute Gasteiger partial charge is 0.316 e. The van der Waals surface area contributed by atoms with Crippen LogP contribution in [0.1, 0.15) is 19.8 Å². The maximum Gasteiger partial charge on any atom is 0.0139 e. The lowest BCUT2D eigenvalue weighted by molar-refractivity contribution is 0.0439. The van der Waals surface area contributed by atoms with Gasteiger partial charge in [-0.25, -0.2) is 0 Å². The second-order valence-corrected chi connectivity index (χ2v) is 5.29. The molecule has 2 heterocycles. The van der Waals surface area contributed by atoms with Gasteiger partial charge in [0.15, 0.2) is 0 Å². The van der Waals surface area contributed by atoms with Gasteiger partial charge in [0.05, 0.1) is 0 Å². The normalized spacial score (nSPS) is 46.4. The molecule has 1 N–H and O–H groups in total. The molecule has 3 atom stereocenters. The molecular formula is C11H20N2. The average molecular weight is 180 g/mol. The van der Waals surface area contributed by atoms with Gasteiger partial charge in [-0.05, 0) is 43.7 Å². The third kappa shape index (κ3) is 1.23. The molecule has 0 bridgehead atoms. The summed E-state index contributed by atoms with van der Waals surface area (Å²) in [7, 11) is 0. The number of likely N-dealkylation sites (tertiary alicyclic amines) is 1. The van der Waals surface area contributed by atoms with Crippen molar-refractivity contribution in [2.45, 2.75) is 25.8 Å². The van der Waals surface area contributed by atoms with Crippen LogP contribution in [0, 0.1) is 17.8 Å². The molecule has 3 aliphatic rings. The third-order valence-corrected chi connectivity index (χ3v) is 4.28. The number of rotatable bonds is 1. The highest BCUT2D eigenvalue weighted by molar-refractivity contribution is 4.99. The molecular weight excluding hydrogens is 160 g/mol. The molecule has 74 valence electrons. The van der Waals surface area contributed by atoms with E-state index in [1.54, 1.807) is 0 Å². The van der Waals surface area contributed by atoms with Crippen molar-refractivity contribution in [3.8, 4) is 0 Å². The lowest BCUT2D eigenvalue weighted by Crippen LogP contribution is -2.52. The lowest BCUT2D eigenvalue weighted by atomic mass is 9.92. The summed E-state index contributed by atoms with van der Waals surface area (Å²) in [5, 5.41) is 3.54. The molecule has 0 spiro atoms. The van der Waals surface area contributed by atoms with E-state index in [4.69, 9.17) is 0 Å². The van der Waals surface area contributed by atoms with Crippen molar-refractivity contribution in [1.82, 2.24) is 10.2 Å². The van der Waals surface area contributed by atoms with E-state index in [-0.39, 0.29) is 0 Å². The standard InChI is InChI=1S/C11H20N2/c1-8-6-13(7-8)11-3-2-9-4-12-5-10(9)11/h8-12H,2-7H2,1H3. The highest BCUT2D eigenvalue weighted by Gasteiger charge is 2.44. The summed E-state index contributed by atoms with van der Waals surface area (Å²) < 4.78 is 0. The molecule has 0 radical (unpaired) electrons. The van der Waals surface area contributed by atoms with E-state index < -0.39 is 0 Å². The molecule has 0 aromatic carbocycles. The van der Waals surface area contributed by atoms with Crippen molar-refractivity contribution >= 4 is 0 Å². The molecule has 2 aliphatic heterocycles. The van der Waals surface area contributed by atoms with Crippen LogP contribution in [0.3, 0.4) is 0 Å². The van der Waals surface area contributed by atoms with E-state index in [9.17, 15) is 0 Å². The Morgan fingerprint density at radius 1 is 1.15 bits per heavy atom. The van der Waals surface area contributed by atoms with Crippen molar-refractivity contribution in [2.75, 3.05) is 26.2 Å². The Balaban J connectivity index is 1.65. The molecule has 2 nitrogen and oxygen atoms in total. The van der Waals surface area contributed by atoms with E-state index in [1.807, 2.05) is 0 Å². The van der Waals surface area contributed by atoms with Gasteiger partial charge in [-0.2, -0.15) is 0 Å². The zero-order valence-electron chi connectivity index (χ0n) is 8.50. The first kappa shape index (κ1) is 8.25. The minimum absolute atomic E-state index is 0.941. The van der Waals surface area contributed by atoms with Crippen LogP contribution < -0.4 is 5.32 Å². The Labute approximate surface area is 80.7 Å². The van der Waals surface area contributed by atoms with Crippen LogP contribution in [0.2, 0.25) is 0 Å². The summed E-state index contributed by atoms with van der Waals surface area (Å²) in [5.41, 5.74) is 0. The average Bonchev–Trinajstić information content (AvgIpc) is 2.58. The van der Waals surface area contributed by atoms with Crippen molar-refractivity contribution in [2.24, 2.45) is 17.8 Å². The summed E-state index contributed by atoms with van der Waals surface area (Å²) in [4.78, 5) is 2.72. The van der Waals surface area contributed by atoms with Crippen molar-refractivity contribution < 1.29 is 0 Å². The van der Waals surface area contributed by atoms with Gasteiger partial charge in [-0.1, -0.05) is 6.92 Å². The summed E-state index contributed by atoms with van der Waals surface area (Å²) in [5.74, 6) is 2.97. The fraction of sp³-hybridized carbons (Fsp3) is 1.00. The number of hydrogen-bond acceptors (Lipinski definition) is 2. The topological polar surface area (TPSA) is 15.3 Å². The second-order valence-electron chi connectivity index (χ2n) is 5.29. The first-order chi connectivity index (χ1) is 6.34. The summed E-state index contributed by atoms with van der Waals surface area (Å²) in [6, 6.07) is 0.941. The molecule has 3 fully saturated rings. The highest BCUT2D eigenvalue weighted by Crippen LogP contribution is 2.39. The number of nitrogens with zero attached hydrogens (tertiary/aromatic N) is 1. The number of fused-ring (bicyclic) bond motifs is 1. The molecule has 0 amide bonds.